The summed E-state index contributed by atoms with van der Waals surface area (Å²) in [5, 5.41) is 0. The van der Waals surface area contributed by atoms with E-state index in [1.807, 2.05) is 0 Å². The van der Waals surface area contributed by atoms with E-state index in [9.17, 15) is 9.59 Å². The lowest BCUT2D eigenvalue weighted by molar-refractivity contribution is -0.157. The molecule has 0 aliphatic carbocycles. The van der Waals surface area contributed by atoms with Gasteiger partial charge in [-0.1, -0.05) is 29.3 Å². The molecule has 4 heteroatoms. The lowest BCUT2D eigenvalue weighted by Crippen LogP contribution is -2.36. The molecular weight excluding hydrogens is 284 g/mol. The summed E-state index contributed by atoms with van der Waals surface area (Å²) in [6.45, 7) is 9.43. The van der Waals surface area contributed by atoms with Crippen molar-refractivity contribution in [1.29, 1.82) is 0 Å². The minimum Gasteiger partial charge on any atom is -0.465 e. The van der Waals surface area contributed by atoms with E-state index in [2.05, 4.69) is 32.0 Å². The second-order valence-corrected chi connectivity index (χ2v) is 6.74. The highest BCUT2D eigenvalue weighted by molar-refractivity contribution is 7.99. The van der Waals surface area contributed by atoms with Crippen molar-refractivity contribution in [2.24, 2.45) is 5.41 Å². The van der Waals surface area contributed by atoms with Gasteiger partial charge in [0.2, 0.25) is 0 Å². The lowest BCUT2D eigenvalue weighted by Gasteiger charge is -2.20. The second-order valence-electron chi connectivity index (χ2n) is 5.76. The van der Waals surface area contributed by atoms with E-state index in [-0.39, 0.29) is 5.78 Å². The zero-order chi connectivity index (χ0) is 16.0. The summed E-state index contributed by atoms with van der Waals surface area (Å²) >= 11 is 1.54. The van der Waals surface area contributed by atoms with Gasteiger partial charge in [0.25, 0.3) is 0 Å². The average molecular weight is 308 g/mol. The molecule has 0 amide bonds. The summed E-state index contributed by atoms with van der Waals surface area (Å²) in [4.78, 5) is 24.0. The van der Waals surface area contributed by atoms with Crippen molar-refractivity contribution in [3.05, 3.63) is 34.9 Å². The Bertz CT molecular complexity index is 501. The smallest absolute Gasteiger partial charge is 0.319 e. The molecular formula is C17H24O3S. The Balaban J connectivity index is 2.55. The van der Waals surface area contributed by atoms with Gasteiger partial charge >= 0.3 is 5.97 Å². The van der Waals surface area contributed by atoms with Crippen LogP contribution in [-0.4, -0.2) is 24.1 Å². The Kier molecular flexibility index (Phi) is 6.46. The first-order valence-corrected chi connectivity index (χ1v) is 8.28. The number of rotatable bonds is 7. The molecule has 0 N–H and O–H groups in total. The van der Waals surface area contributed by atoms with Gasteiger partial charge < -0.3 is 4.74 Å². The number of Topliss-reactive ketones (excluding diaryl/α,β-unsaturated/α-hetero) is 1. The van der Waals surface area contributed by atoms with Crippen molar-refractivity contribution in [3.8, 4) is 0 Å². The molecule has 3 nitrogen and oxygen atoms in total. The molecule has 0 unspecified atom stereocenters. The van der Waals surface area contributed by atoms with Gasteiger partial charge in [-0.25, -0.2) is 0 Å². The van der Waals surface area contributed by atoms with E-state index in [4.69, 9.17) is 4.74 Å². The molecule has 0 fully saturated rings. The van der Waals surface area contributed by atoms with Gasteiger partial charge in [0.15, 0.2) is 5.78 Å². The Morgan fingerprint density at radius 2 is 1.71 bits per heavy atom. The monoisotopic (exact) mass is 308 g/mol. The van der Waals surface area contributed by atoms with Crippen molar-refractivity contribution < 1.29 is 14.3 Å². The maximum atomic E-state index is 12.2. The summed E-state index contributed by atoms with van der Waals surface area (Å²) < 4.78 is 4.95. The van der Waals surface area contributed by atoms with E-state index in [0.717, 1.165) is 5.75 Å². The summed E-state index contributed by atoms with van der Waals surface area (Å²) in [6, 6.07) is 6.38. The van der Waals surface area contributed by atoms with Crippen LogP contribution in [0.5, 0.6) is 0 Å². The first-order chi connectivity index (χ1) is 9.77. The fraction of sp³-hybridized carbons (Fsp3) is 0.529. The van der Waals surface area contributed by atoms with Gasteiger partial charge in [0.05, 0.1) is 12.4 Å². The Morgan fingerprint density at radius 3 is 2.24 bits per heavy atom. The highest BCUT2D eigenvalue weighted by Crippen LogP contribution is 2.23. The third kappa shape index (κ3) is 5.20. The van der Waals surface area contributed by atoms with Crippen LogP contribution in [0.15, 0.2) is 18.2 Å². The van der Waals surface area contributed by atoms with Crippen molar-refractivity contribution in [3.63, 3.8) is 0 Å². The minimum absolute atomic E-state index is 0.0877. The van der Waals surface area contributed by atoms with Crippen molar-refractivity contribution in [2.45, 2.75) is 40.4 Å². The van der Waals surface area contributed by atoms with Crippen LogP contribution in [0.1, 0.15) is 37.5 Å². The van der Waals surface area contributed by atoms with Crippen LogP contribution in [0.2, 0.25) is 0 Å². The van der Waals surface area contributed by atoms with E-state index in [0.29, 0.717) is 12.4 Å². The number of carbonyl (C=O) groups excluding carboxylic acids is 2. The number of ketones is 1. The van der Waals surface area contributed by atoms with Crippen molar-refractivity contribution >= 4 is 23.5 Å². The van der Waals surface area contributed by atoms with Crippen LogP contribution in [0.4, 0.5) is 0 Å². The highest BCUT2D eigenvalue weighted by Gasteiger charge is 2.36. The quantitative estimate of drug-likeness (QED) is 0.569. The van der Waals surface area contributed by atoms with Gasteiger partial charge in [-0.05, 0) is 40.2 Å². The van der Waals surface area contributed by atoms with Crippen molar-refractivity contribution in [2.75, 3.05) is 12.4 Å². The summed E-state index contributed by atoms with van der Waals surface area (Å²) in [6.07, 6.45) is 0. The third-order valence-corrected chi connectivity index (χ3v) is 4.27. The van der Waals surface area contributed by atoms with Gasteiger partial charge in [0, 0.05) is 5.75 Å². The Labute approximate surface area is 131 Å². The van der Waals surface area contributed by atoms with Gasteiger partial charge in [0.1, 0.15) is 5.41 Å². The molecule has 0 bridgehead atoms. The van der Waals surface area contributed by atoms with E-state index in [1.165, 1.54) is 28.5 Å². The highest BCUT2D eigenvalue weighted by atomic mass is 32.2. The Morgan fingerprint density at radius 1 is 1.14 bits per heavy atom. The molecule has 0 aliphatic rings. The largest absolute Gasteiger partial charge is 0.465 e. The van der Waals surface area contributed by atoms with Crippen LogP contribution < -0.4 is 0 Å². The molecule has 0 aliphatic heterocycles. The SMILES string of the molecule is CCOC(=O)C(C)(C)C(=O)CSCc1cc(C)cc(C)c1. The molecule has 1 aromatic carbocycles. The molecule has 1 aromatic rings. The summed E-state index contributed by atoms with van der Waals surface area (Å²) in [7, 11) is 0. The predicted molar refractivity (Wildman–Crippen MR) is 87.5 cm³/mol. The number of benzene rings is 1. The molecule has 0 aromatic heterocycles. The standard InChI is InChI=1S/C17H24O3S/c1-6-20-16(19)17(4,5)15(18)11-21-10-14-8-12(2)7-13(3)9-14/h7-9H,6,10-11H2,1-5H3. The summed E-state index contributed by atoms with van der Waals surface area (Å²) in [5.41, 5.74) is 2.60. The third-order valence-electron chi connectivity index (χ3n) is 3.27. The molecule has 116 valence electrons. The maximum absolute atomic E-state index is 12.2. The molecule has 0 heterocycles. The second kappa shape index (κ2) is 7.64. The zero-order valence-electron chi connectivity index (χ0n) is 13.5. The number of hydrogen-bond acceptors (Lipinski definition) is 4. The maximum Gasteiger partial charge on any atom is 0.319 e. The predicted octanol–water partition coefficient (Wildman–Crippen LogP) is 3.70. The number of hydrogen-bond donors (Lipinski definition) is 0. The number of aryl methyl sites for hydroxylation is 2. The van der Waals surface area contributed by atoms with Crippen LogP contribution >= 0.6 is 11.8 Å². The minimum atomic E-state index is -1.06. The molecule has 21 heavy (non-hydrogen) atoms. The molecule has 0 spiro atoms. The van der Waals surface area contributed by atoms with E-state index < -0.39 is 11.4 Å². The number of thioether (sulfide) groups is 1. The van der Waals surface area contributed by atoms with Crippen LogP contribution in [0, 0.1) is 19.3 Å². The van der Waals surface area contributed by atoms with Crippen LogP contribution in [-0.2, 0) is 20.1 Å². The molecule has 0 saturated heterocycles. The molecule has 0 atom stereocenters. The van der Waals surface area contributed by atoms with Crippen molar-refractivity contribution in [1.82, 2.24) is 0 Å². The van der Waals surface area contributed by atoms with E-state index >= 15 is 0 Å². The molecule has 1 rings (SSSR count). The lowest BCUT2D eigenvalue weighted by atomic mass is 9.89. The van der Waals surface area contributed by atoms with E-state index in [1.54, 1.807) is 20.8 Å². The normalized spacial score (nSPS) is 11.3. The van der Waals surface area contributed by atoms with Gasteiger partial charge in [-0.15, -0.1) is 11.8 Å². The van der Waals surface area contributed by atoms with Crippen LogP contribution in [0.25, 0.3) is 0 Å². The topological polar surface area (TPSA) is 43.4 Å². The Hall–Kier alpha value is -1.29. The van der Waals surface area contributed by atoms with Gasteiger partial charge in [-0.3, -0.25) is 9.59 Å². The van der Waals surface area contributed by atoms with Gasteiger partial charge in [-0.2, -0.15) is 0 Å². The first kappa shape index (κ1) is 17.8. The molecule has 0 saturated carbocycles. The first-order valence-electron chi connectivity index (χ1n) is 7.12. The zero-order valence-corrected chi connectivity index (χ0v) is 14.3. The van der Waals surface area contributed by atoms with Crippen LogP contribution in [0.3, 0.4) is 0 Å². The fourth-order valence-corrected chi connectivity index (χ4v) is 3.07. The molecule has 0 radical (unpaired) electrons. The fourth-order valence-electron chi connectivity index (χ4n) is 2.02. The number of carbonyl (C=O) groups is 2. The number of ether oxygens (including phenoxy) is 1. The summed E-state index contributed by atoms with van der Waals surface area (Å²) in [5.74, 6) is 0.559. The average Bonchev–Trinajstić information content (AvgIpc) is 2.37. The number of esters is 1.